The minimum atomic E-state index is -0.675. The van der Waals surface area contributed by atoms with Gasteiger partial charge in [-0.25, -0.2) is 0 Å². The number of carbonyl (C=O) groups is 2. The highest BCUT2D eigenvalue weighted by Gasteiger charge is 2.19. The van der Waals surface area contributed by atoms with Crippen molar-refractivity contribution in [1.29, 1.82) is 0 Å². The van der Waals surface area contributed by atoms with Gasteiger partial charge in [0.05, 0.1) is 11.7 Å². The highest BCUT2D eigenvalue weighted by molar-refractivity contribution is 6.40. The standard InChI is InChI=1S/C20H21N3O2/c1-12-7-8-13(2)16(11-12)14(3)22-19(24)20(25)23-18-6-4-5-17-15(18)9-10-21-17/h4-11,14,21H,1-3H3,(H,22,24)(H,23,25). The highest BCUT2D eigenvalue weighted by Crippen LogP contribution is 2.22. The molecular weight excluding hydrogens is 314 g/mol. The van der Waals surface area contributed by atoms with Crippen molar-refractivity contribution in [2.24, 2.45) is 0 Å². The molecule has 5 heteroatoms. The number of benzene rings is 2. The van der Waals surface area contributed by atoms with Crippen LogP contribution in [0.5, 0.6) is 0 Å². The Labute approximate surface area is 146 Å². The van der Waals surface area contributed by atoms with Gasteiger partial charge in [-0.15, -0.1) is 0 Å². The fourth-order valence-electron chi connectivity index (χ4n) is 2.94. The van der Waals surface area contributed by atoms with Gasteiger partial charge < -0.3 is 15.6 Å². The lowest BCUT2D eigenvalue weighted by molar-refractivity contribution is -0.136. The first-order chi connectivity index (χ1) is 12.0. The fraction of sp³-hybridized carbons (Fsp3) is 0.200. The van der Waals surface area contributed by atoms with Gasteiger partial charge in [0.1, 0.15) is 0 Å². The number of aromatic amines is 1. The van der Waals surface area contributed by atoms with Crippen LogP contribution >= 0.6 is 0 Å². The molecule has 25 heavy (non-hydrogen) atoms. The molecule has 2 aromatic carbocycles. The lowest BCUT2D eigenvalue weighted by Crippen LogP contribution is -2.37. The van der Waals surface area contributed by atoms with Crippen LogP contribution in [0.2, 0.25) is 0 Å². The lowest BCUT2D eigenvalue weighted by atomic mass is 10.00. The highest BCUT2D eigenvalue weighted by atomic mass is 16.2. The molecule has 0 saturated heterocycles. The van der Waals surface area contributed by atoms with Crippen LogP contribution in [0, 0.1) is 13.8 Å². The molecule has 3 N–H and O–H groups in total. The first kappa shape index (κ1) is 16.8. The van der Waals surface area contributed by atoms with Gasteiger partial charge in [-0.1, -0.05) is 29.8 Å². The van der Waals surface area contributed by atoms with E-state index in [9.17, 15) is 9.59 Å². The van der Waals surface area contributed by atoms with Crippen molar-refractivity contribution < 1.29 is 9.59 Å². The molecule has 0 fully saturated rings. The van der Waals surface area contributed by atoms with Crippen LogP contribution in [0.3, 0.4) is 0 Å². The van der Waals surface area contributed by atoms with Crippen molar-refractivity contribution in [1.82, 2.24) is 10.3 Å². The first-order valence-electron chi connectivity index (χ1n) is 8.21. The van der Waals surface area contributed by atoms with E-state index < -0.39 is 11.8 Å². The van der Waals surface area contributed by atoms with Crippen molar-refractivity contribution in [3.8, 4) is 0 Å². The summed E-state index contributed by atoms with van der Waals surface area (Å²) in [6, 6.07) is 13.2. The largest absolute Gasteiger partial charge is 0.361 e. The van der Waals surface area contributed by atoms with Crippen molar-refractivity contribution in [2.75, 3.05) is 5.32 Å². The van der Waals surface area contributed by atoms with Gasteiger partial charge in [-0.2, -0.15) is 0 Å². The molecule has 0 radical (unpaired) electrons. The molecule has 0 aliphatic heterocycles. The lowest BCUT2D eigenvalue weighted by Gasteiger charge is -2.17. The summed E-state index contributed by atoms with van der Waals surface area (Å²) in [5.74, 6) is -1.33. The number of aromatic nitrogens is 1. The van der Waals surface area contributed by atoms with Crippen LogP contribution in [-0.4, -0.2) is 16.8 Å². The second kappa shape index (κ2) is 6.81. The Kier molecular flexibility index (Phi) is 4.57. The van der Waals surface area contributed by atoms with Crippen molar-refractivity contribution in [3.63, 3.8) is 0 Å². The molecule has 5 nitrogen and oxygen atoms in total. The van der Waals surface area contributed by atoms with Gasteiger partial charge in [0, 0.05) is 17.1 Å². The zero-order valence-corrected chi connectivity index (χ0v) is 14.5. The van der Waals surface area contributed by atoms with Crippen LogP contribution in [0.4, 0.5) is 5.69 Å². The predicted octanol–water partition coefficient (Wildman–Crippen LogP) is 3.60. The van der Waals surface area contributed by atoms with Gasteiger partial charge >= 0.3 is 11.8 Å². The Hall–Kier alpha value is -3.08. The Balaban J connectivity index is 1.71. The molecule has 0 aliphatic rings. The maximum Gasteiger partial charge on any atom is 0.313 e. The summed E-state index contributed by atoms with van der Waals surface area (Å²) in [6.45, 7) is 5.87. The number of nitrogens with one attached hydrogen (secondary N) is 3. The number of aryl methyl sites for hydroxylation is 2. The maximum atomic E-state index is 12.3. The number of amides is 2. The third-order valence-corrected chi connectivity index (χ3v) is 4.30. The zero-order chi connectivity index (χ0) is 18.0. The molecule has 1 heterocycles. The summed E-state index contributed by atoms with van der Waals surface area (Å²) < 4.78 is 0. The van der Waals surface area contributed by atoms with Crippen molar-refractivity contribution in [3.05, 3.63) is 65.4 Å². The topological polar surface area (TPSA) is 74.0 Å². The van der Waals surface area contributed by atoms with Crippen LogP contribution in [0.25, 0.3) is 10.9 Å². The Morgan fingerprint density at radius 3 is 2.64 bits per heavy atom. The molecular formula is C20H21N3O2. The van der Waals surface area contributed by atoms with Gasteiger partial charge in [0.25, 0.3) is 0 Å². The average Bonchev–Trinajstić information content (AvgIpc) is 3.06. The monoisotopic (exact) mass is 335 g/mol. The number of carbonyl (C=O) groups excluding carboxylic acids is 2. The van der Waals surface area contributed by atoms with Gasteiger partial charge in [0.2, 0.25) is 0 Å². The fourth-order valence-corrected chi connectivity index (χ4v) is 2.94. The molecule has 2 amide bonds. The number of H-pyrrole nitrogens is 1. The molecule has 0 spiro atoms. The molecule has 0 aliphatic carbocycles. The number of hydrogen-bond donors (Lipinski definition) is 3. The number of hydrogen-bond acceptors (Lipinski definition) is 2. The van der Waals surface area contributed by atoms with Crippen molar-refractivity contribution >= 4 is 28.4 Å². The minimum absolute atomic E-state index is 0.249. The van der Waals surface area contributed by atoms with E-state index in [1.165, 1.54) is 0 Å². The summed E-state index contributed by atoms with van der Waals surface area (Å²) >= 11 is 0. The Morgan fingerprint density at radius 1 is 1.04 bits per heavy atom. The second-order valence-corrected chi connectivity index (χ2v) is 6.25. The van der Waals surface area contributed by atoms with E-state index >= 15 is 0 Å². The average molecular weight is 335 g/mol. The summed E-state index contributed by atoms with van der Waals surface area (Å²) in [6.07, 6.45) is 1.79. The summed E-state index contributed by atoms with van der Waals surface area (Å²) in [5.41, 5.74) is 4.72. The van der Waals surface area contributed by atoms with E-state index in [1.54, 1.807) is 12.3 Å². The van der Waals surface area contributed by atoms with E-state index in [0.717, 1.165) is 27.6 Å². The molecule has 3 aromatic rings. The van der Waals surface area contributed by atoms with Crippen LogP contribution in [0.15, 0.2) is 48.7 Å². The predicted molar refractivity (Wildman–Crippen MR) is 99.4 cm³/mol. The third-order valence-electron chi connectivity index (χ3n) is 4.30. The first-order valence-corrected chi connectivity index (χ1v) is 8.21. The molecule has 3 rings (SSSR count). The molecule has 128 valence electrons. The molecule has 1 atom stereocenters. The number of anilines is 1. The van der Waals surface area contributed by atoms with Gasteiger partial charge in [0.15, 0.2) is 0 Å². The third kappa shape index (κ3) is 3.55. The molecule has 1 aromatic heterocycles. The zero-order valence-electron chi connectivity index (χ0n) is 14.5. The van der Waals surface area contributed by atoms with E-state index in [2.05, 4.69) is 15.6 Å². The van der Waals surface area contributed by atoms with Gasteiger partial charge in [-0.3, -0.25) is 9.59 Å². The van der Waals surface area contributed by atoms with Crippen molar-refractivity contribution in [2.45, 2.75) is 26.8 Å². The summed E-state index contributed by atoms with van der Waals surface area (Å²) in [4.78, 5) is 27.6. The number of rotatable bonds is 3. The normalized spacial score (nSPS) is 12.0. The van der Waals surface area contributed by atoms with Crippen LogP contribution < -0.4 is 10.6 Å². The van der Waals surface area contributed by atoms with Gasteiger partial charge in [-0.05, 0) is 50.1 Å². The van der Waals surface area contributed by atoms with E-state index in [4.69, 9.17) is 0 Å². The quantitative estimate of drug-likeness (QED) is 0.640. The second-order valence-electron chi connectivity index (χ2n) is 6.25. The molecule has 1 unspecified atom stereocenters. The SMILES string of the molecule is Cc1ccc(C)c(C(C)NC(=O)C(=O)Nc2cccc3[nH]ccc23)c1. The van der Waals surface area contributed by atoms with Crippen LogP contribution in [0.1, 0.15) is 29.7 Å². The molecule has 0 saturated carbocycles. The van der Waals surface area contributed by atoms with E-state index in [0.29, 0.717) is 5.69 Å². The number of fused-ring (bicyclic) bond motifs is 1. The van der Waals surface area contributed by atoms with E-state index in [1.807, 2.05) is 57.2 Å². The maximum absolute atomic E-state index is 12.3. The summed E-state index contributed by atoms with van der Waals surface area (Å²) in [5, 5.41) is 6.32. The minimum Gasteiger partial charge on any atom is -0.361 e. The smallest absolute Gasteiger partial charge is 0.313 e. The summed E-state index contributed by atoms with van der Waals surface area (Å²) in [7, 11) is 0. The van der Waals surface area contributed by atoms with E-state index in [-0.39, 0.29) is 6.04 Å². The Morgan fingerprint density at radius 2 is 1.84 bits per heavy atom. The Bertz CT molecular complexity index is 943. The molecule has 0 bridgehead atoms. The van der Waals surface area contributed by atoms with Crippen LogP contribution in [-0.2, 0) is 9.59 Å².